The lowest BCUT2D eigenvalue weighted by atomic mass is 9.87. The Bertz CT molecular complexity index is 818. The number of hydrogen-bond acceptors (Lipinski definition) is 4. The van der Waals surface area contributed by atoms with Crippen molar-refractivity contribution in [3.63, 3.8) is 0 Å². The number of rotatable bonds is 6. The van der Waals surface area contributed by atoms with E-state index in [1.165, 1.54) is 11.8 Å². The Labute approximate surface area is 169 Å². The molecule has 5 nitrogen and oxygen atoms in total. The lowest BCUT2D eigenvalue weighted by Gasteiger charge is -2.34. The predicted octanol–water partition coefficient (Wildman–Crippen LogP) is 3.84. The molecule has 0 spiro atoms. The molecule has 6 heteroatoms. The zero-order valence-corrected chi connectivity index (χ0v) is 16.6. The maximum atomic E-state index is 13.0. The largest absolute Gasteiger partial charge is 0.480 e. The van der Waals surface area contributed by atoms with Gasteiger partial charge in [0.1, 0.15) is 5.25 Å². The van der Waals surface area contributed by atoms with Gasteiger partial charge in [0.15, 0.2) is 0 Å². The van der Waals surface area contributed by atoms with Gasteiger partial charge < -0.3 is 15.1 Å². The minimum Gasteiger partial charge on any atom is -0.480 e. The summed E-state index contributed by atoms with van der Waals surface area (Å²) in [5, 5.41) is 19.2. The van der Waals surface area contributed by atoms with E-state index in [4.69, 9.17) is 5.11 Å². The van der Waals surface area contributed by atoms with Gasteiger partial charge >= 0.3 is 5.97 Å². The van der Waals surface area contributed by atoms with Gasteiger partial charge in [0.25, 0.3) is 5.91 Å². The van der Waals surface area contributed by atoms with Crippen molar-refractivity contribution in [1.29, 1.82) is 0 Å². The molecular weight excluding hydrogens is 374 g/mol. The summed E-state index contributed by atoms with van der Waals surface area (Å²) in [6.45, 7) is 2.78. The average Bonchev–Trinajstić information content (AvgIpc) is 2.74. The molecule has 3 rings (SSSR count). The first kappa shape index (κ1) is 20.4. The number of amides is 1. The molecule has 2 aromatic carbocycles. The van der Waals surface area contributed by atoms with Crippen LogP contribution in [0.4, 0.5) is 0 Å². The quantitative estimate of drug-likeness (QED) is 0.722. The number of aliphatic hydroxyl groups excluding tert-OH is 1. The normalized spacial score (nSPS) is 17.1. The molecule has 2 atom stereocenters. The summed E-state index contributed by atoms with van der Waals surface area (Å²) in [6, 6.07) is 16.8. The number of carboxylic acids is 1. The van der Waals surface area contributed by atoms with Crippen LogP contribution in [0.2, 0.25) is 0 Å². The number of likely N-dealkylation sites (tertiary alicyclic amines) is 1. The van der Waals surface area contributed by atoms with Crippen molar-refractivity contribution in [3.05, 3.63) is 65.7 Å². The first-order chi connectivity index (χ1) is 13.5. The Morgan fingerprint density at radius 2 is 1.64 bits per heavy atom. The van der Waals surface area contributed by atoms with Crippen LogP contribution in [0, 0.1) is 5.92 Å². The van der Waals surface area contributed by atoms with Crippen LogP contribution in [-0.4, -0.2) is 45.3 Å². The highest BCUT2D eigenvalue weighted by atomic mass is 32.2. The number of thioether (sulfide) groups is 1. The van der Waals surface area contributed by atoms with E-state index in [0.717, 1.165) is 18.4 Å². The third-order valence-electron chi connectivity index (χ3n) is 5.18. The van der Waals surface area contributed by atoms with Crippen molar-refractivity contribution in [2.24, 2.45) is 5.92 Å². The number of carbonyl (C=O) groups is 2. The molecule has 2 aromatic rings. The van der Waals surface area contributed by atoms with E-state index in [-0.39, 0.29) is 11.8 Å². The van der Waals surface area contributed by atoms with Crippen molar-refractivity contribution in [1.82, 2.24) is 4.90 Å². The number of nitrogens with zero attached hydrogens (tertiary/aromatic N) is 1. The molecule has 2 N–H and O–H groups in total. The van der Waals surface area contributed by atoms with Crippen molar-refractivity contribution in [2.45, 2.75) is 36.0 Å². The molecule has 0 aromatic heterocycles. The summed E-state index contributed by atoms with van der Waals surface area (Å²) in [5.41, 5.74) is 1.46. The molecule has 1 aliphatic heterocycles. The summed E-state index contributed by atoms with van der Waals surface area (Å²) in [4.78, 5) is 26.7. The molecule has 1 amide bonds. The summed E-state index contributed by atoms with van der Waals surface area (Å²) >= 11 is 1.19. The van der Waals surface area contributed by atoms with Crippen LogP contribution < -0.4 is 0 Å². The van der Waals surface area contributed by atoms with E-state index in [1.54, 1.807) is 30.0 Å². The number of aliphatic carboxylic acids is 1. The molecule has 28 heavy (non-hydrogen) atoms. The van der Waals surface area contributed by atoms with E-state index >= 15 is 0 Å². The Hall–Kier alpha value is -2.31. The monoisotopic (exact) mass is 399 g/mol. The van der Waals surface area contributed by atoms with E-state index in [2.05, 4.69) is 0 Å². The Kier molecular flexibility index (Phi) is 6.75. The number of carbonyl (C=O) groups excluding carboxylic acids is 1. The Balaban J connectivity index is 1.65. The van der Waals surface area contributed by atoms with Crippen LogP contribution in [0.3, 0.4) is 0 Å². The SMILES string of the molecule is CC(Sc1ccccc1C(=O)N1CCC(C(O)c2ccccc2)CC1)C(=O)O. The maximum Gasteiger partial charge on any atom is 0.316 e. The molecule has 148 valence electrons. The first-order valence-corrected chi connectivity index (χ1v) is 10.4. The summed E-state index contributed by atoms with van der Waals surface area (Å²) in [7, 11) is 0. The molecule has 1 heterocycles. The van der Waals surface area contributed by atoms with Crippen molar-refractivity contribution >= 4 is 23.6 Å². The molecule has 1 fully saturated rings. The molecular formula is C22H25NO4S. The lowest BCUT2D eigenvalue weighted by Crippen LogP contribution is -2.40. The molecule has 0 saturated carbocycles. The molecule has 2 unspecified atom stereocenters. The Morgan fingerprint density at radius 1 is 1.04 bits per heavy atom. The fourth-order valence-corrected chi connectivity index (χ4v) is 4.42. The van der Waals surface area contributed by atoms with Crippen LogP contribution in [0.15, 0.2) is 59.5 Å². The summed E-state index contributed by atoms with van der Waals surface area (Å²) in [6.07, 6.45) is 0.961. The van der Waals surface area contributed by atoms with Gasteiger partial charge in [-0.2, -0.15) is 0 Å². The molecule has 0 bridgehead atoms. The standard InChI is InChI=1S/C22H25NO4S/c1-15(22(26)27)28-19-10-6-5-9-18(19)21(25)23-13-11-17(12-14-23)20(24)16-7-3-2-4-8-16/h2-10,15,17,20,24H,11-14H2,1H3,(H,26,27). The first-order valence-electron chi connectivity index (χ1n) is 9.48. The van der Waals surface area contributed by atoms with Crippen LogP contribution >= 0.6 is 11.8 Å². The smallest absolute Gasteiger partial charge is 0.316 e. The van der Waals surface area contributed by atoms with Crippen molar-refractivity contribution in [3.8, 4) is 0 Å². The molecule has 1 saturated heterocycles. The van der Waals surface area contributed by atoms with Crippen molar-refractivity contribution in [2.75, 3.05) is 13.1 Å². The van der Waals surface area contributed by atoms with Gasteiger partial charge in [-0.1, -0.05) is 42.5 Å². The minimum atomic E-state index is -0.900. The van der Waals surface area contributed by atoms with Crippen LogP contribution in [0.1, 0.15) is 41.8 Å². The average molecular weight is 400 g/mol. The molecule has 1 aliphatic rings. The van der Waals surface area contributed by atoms with E-state index < -0.39 is 17.3 Å². The third kappa shape index (κ3) is 4.75. The predicted molar refractivity (Wildman–Crippen MR) is 109 cm³/mol. The Morgan fingerprint density at radius 3 is 2.29 bits per heavy atom. The highest BCUT2D eigenvalue weighted by molar-refractivity contribution is 8.00. The zero-order valence-electron chi connectivity index (χ0n) is 15.8. The van der Waals surface area contributed by atoms with Gasteiger partial charge in [0.2, 0.25) is 0 Å². The highest BCUT2D eigenvalue weighted by Crippen LogP contribution is 2.32. The number of piperidine rings is 1. The second-order valence-electron chi connectivity index (χ2n) is 7.08. The number of benzene rings is 2. The minimum absolute atomic E-state index is 0.0756. The highest BCUT2D eigenvalue weighted by Gasteiger charge is 2.29. The number of aliphatic hydroxyl groups is 1. The topological polar surface area (TPSA) is 77.8 Å². The number of carboxylic acid groups (broad SMARTS) is 1. The van der Waals surface area contributed by atoms with Gasteiger partial charge in [-0.15, -0.1) is 11.8 Å². The zero-order chi connectivity index (χ0) is 20.1. The van der Waals surface area contributed by atoms with E-state index in [0.29, 0.717) is 23.5 Å². The van der Waals surface area contributed by atoms with Crippen molar-refractivity contribution < 1.29 is 19.8 Å². The fourth-order valence-electron chi connectivity index (χ4n) is 3.50. The van der Waals surface area contributed by atoms with Gasteiger partial charge in [0, 0.05) is 18.0 Å². The fraction of sp³-hybridized carbons (Fsp3) is 0.364. The van der Waals surface area contributed by atoms with Crippen LogP contribution in [0.25, 0.3) is 0 Å². The van der Waals surface area contributed by atoms with Gasteiger partial charge in [-0.05, 0) is 43.4 Å². The second-order valence-corrected chi connectivity index (χ2v) is 8.46. The molecule has 0 aliphatic carbocycles. The van der Waals surface area contributed by atoms with Gasteiger partial charge in [-0.3, -0.25) is 9.59 Å². The summed E-state index contributed by atoms with van der Waals surface area (Å²) in [5.74, 6) is -0.848. The second kappa shape index (κ2) is 9.26. The van der Waals surface area contributed by atoms with Gasteiger partial charge in [-0.25, -0.2) is 0 Å². The molecule has 0 radical (unpaired) electrons. The third-order valence-corrected chi connectivity index (χ3v) is 6.35. The summed E-state index contributed by atoms with van der Waals surface area (Å²) < 4.78 is 0. The maximum absolute atomic E-state index is 13.0. The van der Waals surface area contributed by atoms with E-state index in [1.807, 2.05) is 36.4 Å². The van der Waals surface area contributed by atoms with E-state index in [9.17, 15) is 14.7 Å². The lowest BCUT2D eigenvalue weighted by molar-refractivity contribution is -0.136. The van der Waals surface area contributed by atoms with Crippen LogP contribution in [-0.2, 0) is 4.79 Å². The number of hydrogen-bond donors (Lipinski definition) is 2. The van der Waals surface area contributed by atoms with Gasteiger partial charge in [0.05, 0.1) is 11.7 Å². The van der Waals surface area contributed by atoms with Crippen LogP contribution in [0.5, 0.6) is 0 Å².